The van der Waals surface area contributed by atoms with Gasteiger partial charge in [-0.25, -0.2) is 0 Å². The quantitative estimate of drug-likeness (QED) is 0.654. The third-order valence-electron chi connectivity index (χ3n) is 2.91. The van der Waals surface area contributed by atoms with Crippen molar-refractivity contribution < 1.29 is 9.53 Å². The second-order valence-corrected chi connectivity index (χ2v) is 3.74. The fourth-order valence-electron chi connectivity index (χ4n) is 2.22. The molecule has 2 atom stereocenters. The fraction of sp³-hybridized carbons (Fsp3) is 0.889. The zero-order valence-corrected chi connectivity index (χ0v) is 7.95. The lowest BCUT2D eigenvalue weighted by Gasteiger charge is -2.26. The van der Waals surface area contributed by atoms with Crippen molar-refractivity contribution in [1.29, 1.82) is 0 Å². The van der Waals surface area contributed by atoms with Crippen LogP contribution in [0, 0.1) is 0 Å². The third kappa shape index (κ3) is 1.69. The summed E-state index contributed by atoms with van der Waals surface area (Å²) >= 11 is 0. The average Bonchev–Trinajstić information content (AvgIpc) is 2.71. The van der Waals surface area contributed by atoms with E-state index in [9.17, 15) is 4.79 Å². The van der Waals surface area contributed by atoms with E-state index >= 15 is 0 Å². The lowest BCUT2D eigenvalue weighted by molar-refractivity contribution is -0.120. The van der Waals surface area contributed by atoms with Crippen LogP contribution in [0.25, 0.3) is 0 Å². The number of methoxy groups -OCH3 is 1. The first kappa shape index (κ1) is 8.97. The van der Waals surface area contributed by atoms with Crippen molar-refractivity contribution in [3.05, 3.63) is 0 Å². The highest BCUT2D eigenvalue weighted by Gasteiger charge is 2.37. The van der Waals surface area contributed by atoms with Gasteiger partial charge >= 0.3 is 0 Å². The number of likely N-dealkylation sites (tertiary alicyclic amines) is 1. The first-order chi connectivity index (χ1) is 6.31. The Bertz CT molecular complexity index is 202. The van der Waals surface area contributed by atoms with Crippen LogP contribution in [0.2, 0.25) is 0 Å². The van der Waals surface area contributed by atoms with E-state index < -0.39 is 0 Å². The molecule has 2 fully saturated rings. The summed E-state index contributed by atoms with van der Waals surface area (Å²) in [6.07, 6.45) is 3.01. The zero-order valence-electron chi connectivity index (χ0n) is 7.95. The van der Waals surface area contributed by atoms with Gasteiger partial charge in [-0.2, -0.15) is 0 Å². The Morgan fingerprint density at radius 3 is 2.77 bits per heavy atom. The molecule has 0 spiro atoms. The summed E-state index contributed by atoms with van der Waals surface area (Å²) in [5, 5.41) is 2.83. The number of carbonyl (C=O) groups is 1. The normalized spacial score (nSPS) is 35.3. The molecule has 2 aliphatic rings. The van der Waals surface area contributed by atoms with Crippen LogP contribution >= 0.6 is 0 Å². The summed E-state index contributed by atoms with van der Waals surface area (Å²) in [7, 11) is 1.65. The summed E-state index contributed by atoms with van der Waals surface area (Å²) in [4.78, 5) is 13.5. The maximum atomic E-state index is 11.2. The van der Waals surface area contributed by atoms with Crippen LogP contribution in [0.1, 0.15) is 19.3 Å². The summed E-state index contributed by atoms with van der Waals surface area (Å²) < 4.78 is 5.23. The van der Waals surface area contributed by atoms with E-state index in [1.807, 2.05) is 0 Å². The number of nitrogens with zero attached hydrogens (tertiary/aromatic N) is 1. The van der Waals surface area contributed by atoms with Crippen molar-refractivity contribution in [2.75, 3.05) is 20.2 Å². The topological polar surface area (TPSA) is 41.6 Å². The number of hydrogen-bond acceptors (Lipinski definition) is 3. The molecule has 0 aromatic carbocycles. The first-order valence-corrected chi connectivity index (χ1v) is 4.87. The monoisotopic (exact) mass is 184 g/mol. The molecule has 0 aliphatic carbocycles. The fourth-order valence-corrected chi connectivity index (χ4v) is 2.22. The van der Waals surface area contributed by atoms with Gasteiger partial charge in [-0.3, -0.25) is 9.69 Å². The van der Waals surface area contributed by atoms with Gasteiger partial charge in [0.1, 0.15) is 6.23 Å². The number of rotatable bonds is 2. The van der Waals surface area contributed by atoms with E-state index in [2.05, 4.69) is 10.2 Å². The van der Waals surface area contributed by atoms with Crippen LogP contribution in [-0.2, 0) is 9.53 Å². The number of carbonyl (C=O) groups excluding carboxylic acids is 1. The summed E-state index contributed by atoms with van der Waals surface area (Å²) in [5.74, 6) is 0.115. The SMILES string of the molecule is CO[C@@H]1NC(=O)C[C@H]1N1CCCC1. The Morgan fingerprint density at radius 1 is 1.46 bits per heavy atom. The van der Waals surface area contributed by atoms with Crippen molar-refractivity contribution >= 4 is 5.91 Å². The zero-order chi connectivity index (χ0) is 9.26. The molecule has 1 N–H and O–H groups in total. The molecule has 0 bridgehead atoms. The second-order valence-electron chi connectivity index (χ2n) is 3.74. The van der Waals surface area contributed by atoms with Crippen LogP contribution in [0.5, 0.6) is 0 Å². The van der Waals surface area contributed by atoms with Crippen molar-refractivity contribution in [2.24, 2.45) is 0 Å². The van der Waals surface area contributed by atoms with E-state index in [0.717, 1.165) is 13.1 Å². The van der Waals surface area contributed by atoms with Gasteiger partial charge in [0.25, 0.3) is 0 Å². The number of ether oxygens (including phenoxy) is 1. The molecule has 2 aliphatic heterocycles. The maximum absolute atomic E-state index is 11.2. The van der Waals surface area contributed by atoms with Crippen molar-refractivity contribution in [1.82, 2.24) is 10.2 Å². The van der Waals surface area contributed by atoms with Crippen LogP contribution in [0.4, 0.5) is 0 Å². The Morgan fingerprint density at radius 2 is 2.15 bits per heavy atom. The smallest absolute Gasteiger partial charge is 0.223 e. The minimum absolute atomic E-state index is 0.0920. The standard InChI is InChI=1S/C9H16N2O2/c1-13-9-7(6-8(12)10-9)11-4-2-3-5-11/h7,9H,2-6H2,1H3,(H,10,12)/t7-,9+/m1/s1. The Labute approximate surface area is 78.2 Å². The van der Waals surface area contributed by atoms with Gasteiger partial charge in [0.15, 0.2) is 0 Å². The molecular weight excluding hydrogens is 168 g/mol. The highest BCUT2D eigenvalue weighted by atomic mass is 16.5. The number of amides is 1. The molecule has 0 radical (unpaired) electrons. The Hall–Kier alpha value is -0.610. The number of nitrogens with one attached hydrogen (secondary N) is 1. The lowest BCUT2D eigenvalue weighted by atomic mass is 10.2. The van der Waals surface area contributed by atoms with Crippen LogP contribution < -0.4 is 5.32 Å². The van der Waals surface area contributed by atoms with Crippen LogP contribution in [0.3, 0.4) is 0 Å². The molecule has 2 saturated heterocycles. The largest absolute Gasteiger partial charge is 0.360 e. The predicted molar refractivity (Wildman–Crippen MR) is 48.2 cm³/mol. The molecule has 0 aromatic heterocycles. The predicted octanol–water partition coefficient (Wildman–Crippen LogP) is -0.0568. The second kappa shape index (κ2) is 3.64. The van der Waals surface area contributed by atoms with Gasteiger partial charge in [0.05, 0.1) is 6.04 Å². The van der Waals surface area contributed by atoms with Gasteiger partial charge in [-0.15, -0.1) is 0 Å². The molecule has 13 heavy (non-hydrogen) atoms. The molecule has 2 rings (SSSR count). The minimum atomic E-state index is -0.0920. The van der Waals surface area contributed by atoms with Gasteiger partial charge < -0.3 is 10.1 Å². The van der Waals surface area contributed by atoms with Gasteiger partial charge in [-0.05, 0) is 25.9 Å². The Kier molecular flexibility index (Phi) is 2.51. The van der Waals surface area contributed by atoms with Crippen molar-refractivity contribution in [3.63, 3.8) is 0 Å². The number of hydrogen-bond donors (Lipinski definition) is 1. The highest BCUT2D eigenvalue weighted by Crippen LogP contribution is 2.20. The average molecular weight is 184 g/mol. The van der Waals surface area contributed by atoms with Gasteiger partial charge in [0, 0.05) is 13.5 Å². The molecule has 2 heterocycles. The van der Waals surface area contributed by atoms with Gasteiger partial charge in [0.2, 0.25) is 5.91 Å². The lowest BCUT2D eigenvalue weighted by Crippen LogP contribution is -2.43. The summed E-state index contributed by atoms with van der Waals surface area (Å²) in [6.45, 7) is 2.22. The molecule has 0 unspecified atom stereocenters. The summed E-state index contributed by atoms with van der Waals surface area (Å²) in [6, 6.07) is 0.264. The van der Waals surface area contributed by atoms with E-state index in [1.165, 1.54) is 12.8 Å². The van der Waals surface area contributed by atoms with E-state index in [1.54, 1.807) is 7.11 Å². The van der Waals surface area contributed by atoms with Gasteiger partial charge in [-0.1, -0.05) is 0 Å². The molecule has 74 valence electrons. The van der Waals surface area contributed by atoms with E-state index in [4.69, 9.17) is 4.74 Å². The minimum Gasteiger partial charge on any atom is -0.360 e. The van der Waals surface area contributed by atoms with E-state index in [0.29, 0.717) is 6.42 Å². The highest BCUT2D eigenvalue weighted by molar-refractivity contribution is 5.79. The first-order valence-electron chi connectivity index (χ1n) is 4.87. The third-order valence-corrected chi connectivity index (χ3v) is 2.91. The van der Waals surface area contributed by atoms with Crippen molar-refractivity contribution in [3.8, 4) is 0 Å². The van der Waals surface area contributed by atoms with Crippen molar-refractivity contribution in [2.45, 2.75) is 31.5 Å². The molecule has 0 saturated carbocycles. The van der Waals surface area contributed by atoms with Crippen LogP contribution in [0.15, 0.2) is 0 Å². The molecule has 4 heteroatoms. The molecule has 0 aromatic rings. The molecule has 4 nitrogen and oxygen atoms in total. The molecule has 1 amide bonds. The summed E-state index contributed by atoms with van der Waals surface area (Å²) in [5.41, 5.74) is 0. The maximum Gasteiger partial charge on any atom is 0.223 e. The van der Waals surface area contributed by atoms with E-state index in [-0.39, 0.29) is 18.2 Å². The van der Waals surface area contributed by atoms with Crippen LogP contribution in [-0.4, -0.2) is 43.3 Å². The Balaban J connectivity index is 1.99. The molecular formula is C9H16N2O2.